The van der Waals surface area contributed by atoms with Crippen molar-refractivity contribution in [3.63, 3.8) is 0 Å². The van der Waals surface area contributed by atoms with Crippen LogP contribution in [0.25, 0.3) is 0 Å². The number of benzene rings is 2. The van der Waals surface area contributed by atoms with Crippen molar-refractivity contribution >= 4 is 11.7 Å². The number of carbonyl (C=O) groups excluding carboxylic acids is 1. The third-order valence-electron chi connectivity index (χ3n) is 3.06. The molecular weight excluding hydrogens is 325 g/mol. The fourth-order valence-electron chi connectivity index (χ4n) is 1.94. The van der Waals surface area contributed by atoms with E-state index in [0.717, 1.165) is 0 Å². The van der Waals surface area contributed by atoms with E-state index in [1.54, 1.807) is 6.07 Å². The molecule has 0 aliphatic rings. The van der Waals surface area contributed by atoms with Crippen LogP contribution < -0.4 is 15.4 Å². The summed E-state index contributed by atoms with van der Waals surface area (Å²) in [6.07, 6.45) is -1.20. The van der Waals surface area contributed by atoms with Crippen molar-refractivity contribution in [3.05, 3.63) is 59.9 Å². The fourth-order valence-corrected chi connectivity index (χ4v) is 1.94. The summed E-state index contributed by atoms with van der Waals surface area (Å²) in [6.45, 7) is -3.12. The van der Waals surface area contributed by atoms with Gasteiger partial charge in [-0.1, -0.05) is 18.2 Å². The Morgan fingerprint density at radius 3 is 2.42 bits per heavy atom. The maximum Gasteiger partial charge on any atom is 0.387 e. The van der Waals surface area contributed by atoms with Gasteiger partial charge in [0.25, 0.3) is 0 Å². The summed E-state index contributed by atoms with van der Waals surface area (Å²) in [6, 6.07) is 10.4. The molecule has 2 aromatic carbocycles. The highest BCUT2D eigenvalue weighted by Gasteiger charge is 2.13. The van der Waals surface area contributed by atoms with E-state index < -0.39 is 24.6 Å². The lowest BCUT2D eigenvalue weighted by Crippen LogP contribution is -2.32. The molecule has 0 fully saturated rings. The fraction of sp³-hybridized carbons (Fsp3) is 0.188. The number of hydrogen-bond acceptors (Lipinski definition) is 3. The molecule has 0 unspecified atom stereocenters. The molecule has 0 spiro atoms. The minimum atomic E-state index is -2.92. The van der Waals surface area contributed by atoms with Gasteiger partial charge >= 0.3 is 12.6 Å². The van der Waals surface area contributed by atoms with Crippen molar-refractivity contribution < 1.29 is 27.8 Å². The highest BCUT2D eigenvalue weighted by atomic mass is 19.3. The number of halogens is 3. The summed E-state index contributed by atoms with van der Waals surface area (Å²) in [5.41, 5.74) is 0.417. The number of aliphatic hydroxyl groups excluding tert-OH is 1. The summed E-state index contributed by atoms with van der Waals surface area (Å²) in [5.74, 6) is -0.604. The van der Waals surface area contributed by atoms with Crippen LogP contribution in [0.15, 0.2) is 48.5 Å². The van der Waals surface area contributed by atoms with Crippen LogP contribution in [0.4, 0.5) is 23.7 Å². The van der Waals surface area contributed by atoms with Gasteiger partial charge in [0.15, 0.2) is 0 Å². The Bertz CT molecular complexity index is 681. The first kappa shape index (κ1) is 17.6. The number of amides is 2. The normalized spacial score (nSPS) is 11.9. The highest BCUT2D eigenvalue weighted by Crippen LogP contribution is 2.18. The SMILES string of the molecule is O=C(NC[C@@H](O)c1ccccc1F)Nc1ccc(OC(F)F)cc1. The van der Waals surface area contributed by atoms with Gasteiger partial charge in [-0.15, -0.1) is 0 Å². The van der Waals surface area contributed by atoms with Crippen LogP contribution in [0.5, 0.6) is 5.75 Å². The molecule has 24 heavy (non-hydrogen) atoms. The van der Waals surface area contributed by atoms with Crippen LogP contribution in [0.3, 0.4) is 0 Å². The molecule has 2 rings (SSSR count). The van der Waals surface area contributed by atoms with Gasteiger partial charge in [-0.2, -0.15) is 8.78 Å². The molecule has 1 atom stereocenters. The second-order valence-electron chi connectivity index (χ2n) is 4.78. The monoisotopic (exact) mass is 340 g/mol. The molecule has 0 saturated carbocycles. The van der Waals surface area contributed by atoms with E-state index in [2.05, 4.69) is 15.4 Å². The highest BCUT2D eigenvalue weighted by molar-refractivity contribution is 5.89. The van der Waals surface area contributed by atoms with E-state index in [0.29, 0.717) is 5.69 Å². The molecule has 0 aliphatic heterocycles. The number of ether oxygens (including phenoxy) is 1. The van der Waals surface area contributed by atoms with Crippen LogP contribution in [0, 0.1) is 5.82 Å². The zero-order valence-electron chi connectivity index (χ0n) is 12.4. The topological polar surface area (TPSA) is 70.6 Å². The van der Waals surface area contributed by atoms with E-state index in [9.17, 15) is 23.1 Å². The number of carbonyl (C=O) groups is 1. The van der Waals surface area contributed by atoms with Crippen molar-refractivity contribution in [2.75, 3.05) is 11.9 Å². The molecule has 2 amide bonds. The van der Waals surface area contributed by atoms with Gasteiger partial charge in [0, 0.05) is 17.8 Å². The molecular formula is C16H15F3N2O3. The third kappa shape index (κ3) is 5.17. The first-order valence-corrected chi connectivity index (χ1v) is 6.98. The lowest BCUT2D eigenvalue weighted by molar-refractivity contribution is -0.0498. The second kappa shape index (κ2) is 8.21. The molecule has 0 heterocycles. The maximum absolute atomic E-state index is 13.5. The smallest absolute Gasteiger partial charge is 0.387 e. The van der Waals surface area contributed by atoms with Gasteiger partial charge in [-0.25, -0.2) is 9.18 Å². The first-order chi connectivity index (χ1) is 11.5. The third-order valence-corrected chi connectivity index (χ3v) is 3.06. The molecule has 8 heteroatoms. The number of alkyl halides is 2. The molecule has 0 saturated heterocycles. The molecule has 0 radical (unpaired) electrons. The summed E-state index contributed by atoms with van der Waals surface area (Å²) in [5, 5.41) is 14.7. The quantitative estimate of drug-likeness (QED) is 0.756. The predicted molar refractivity (Wildman–Crippen MR) is 81.5 cm³/mol. The van der Waals surface area contributed by atoms with Gasteiger partial charge in [0.2, 0.25) is 0 Å². The summed E-state index contributed by atoms with van der Waals surface area (Å²) in [7, 11) is 0. The largest absolute Gasteiger partial charge is 0.435 e. The Balaban J connectivity index is 1.84. The molecule has 0 aliphatic carbocycles. The van der Waals surface area contributed by atoms with Gasteiger partial charge in [0.05, 0.1) is 6.10 Å². The van der Waals surface area contributed by atoms with Gasteiger partial charge in [-0.3, -0.25) is 0 Å². The standard InChI is InChI=1S/C16H15F3N2O3/c17-13-4-2-1-3-12(13)14(22)9-20-16(23)21-10-5-7-11(8-6-10)24-15(18)19/h1-8,14-15,22H,9H2,(H2,20,21,23)/t14-/m1/s1. The van der Waals surface area contributed by atoms with Gasteiger partial charge < -0.3 is 20.5 Å². The predicted octanol–water partition coefficient (Wildman–Crippen LogP) is 3.28. The molecule has 2 aromatic rings. The van der Waals surface area contributed by atoms with Crippen molar-refractivity contribution in [2.24, 2.45) is 0 Å². The first-order valence-electron chi connectivity index (χ1n) is 6.98. The van der Waals surface area contributed by atoms with Crippen LogP contribution in [0.2, 0.25) is 0 Å². The van der Waals surface area contributed by atoms with Crippen molar-refractivity contribution in [2.45, 2.75) is 12.7 Å². The number of rotatable bonds is 6. The van der Waals surface area contributed by atoms with Crippen LogP contribution >= 0.6 is 0 Å². The van der Waals surface area contributed by atoms with Gasteiger partial charge in [0.1, 0.15) is 11.6 Å². The van der Waals surface area contributed by atoms with Crippen LogP contribution in [0.1, 0.15) is 11.7 Å². The van der Waals surface area contributed by atoms with Crippen molar-refractivity contribution in [1.82, 2.24) is 5.32 Å². The maximum atomic E-state index is 13.5. The molecule has 128 valence electrons. The van der Waals surface area contributed by atoms with E-state index in [-0.39, 0.29) is 17.9 Å². The minimum absolute atomic E-state index is 0.0362. The van der Waals surface area contributed by atoms with Crippen LogP contribution in [-0.2, 0) is 0 Å². The Kier molecular flexibility index (Phi) is 6.02. The average Bonchev–Trinajstić information content (AvgIpc) is 2.54. The number of anilines is 1. The average molecular weight is 340 g/mol. The summed E-state index contributed by atoms with van der Waals surface area (Å²) >= 11 is 0. The van der Waals surface area contributed by atoms with Crippen LogP contribution in [-0.4, -0.2) is 24.3 Å². The van der Waals surface area contributed by atoms with Gasteiger partial charge in [-0.05, 0) is 30.3 Å². The molecule has 5 nitrogen and oxygen atoms in total. The Morgan fingerprint density at radius 1 is 1.12 bits per heavy atom. The van der Waals surface area contributed by atoms with E-state index >= 15 is 0 Å². The molecule has 0 aromatic heterocycles. The number of aliphatic hydroxyl groups is 1. The van der Waals surface area contributed by atoms with E-state index in [1.807, 2.05) is 0 Å². The number of nitrogens with one attached hydrogen (secondary N) is 2. The van der Waals surface area contributed by atoms with Crippen molar-refractivity contribution in [3.8, 4) is 5.75 Å². The van der Waals surface area contributed by atoms with Crippen molar-refractivity contribution in [1.29, 1.82) is 0 Å². The lowest BCUT2D eigenvalue weighted by Gasteiger charge is -2.13. The Hall–Kier alpha value is -2.74. The second-order valence-corrected chi connectivity index (χ2v) is 4.78. The molecule has 0 bridgehead atoms. The summed E-state index contributed by atoms with van der Waals surface area (Å²) < 4.78 is 41.7. The molecule has 3 N–H and O–H groups in total. The zero-order chi connectivity index (χ0) is 17.5. The Labute approximate surface area is 136 Å². The number of urea groups is 1. The Morgan fingerprint density at radius 2 is 1.79 bits per heavy atom. The number of hydrogen-bond donors (Lipinski definition) is 3. The zero-order valence-corrected chi connectivity index (χ0v) is 12.4. The summed E-state index contributed by atoms with van der Waals surface area (Å²) in [4.78, 5) is 11.7. The van der Waals surface area contributed by atoms with E-state index in [1.165, 1.54) is 42.5 Å². The minimum Gasteiger partial charge on any atom is -0.435 e. The lowest BCUT2D eigenvalue weighted by atomic mass is 10.1. The van der Waals surface area contributed by atoms with E-state index in [4.69, 9.17) is 0 Å².